The first kappa shape index (κ1) is 19.7. The number of sulfonamides is 1. The Hall–Kier alpha value is -2.65. The van der Waals surface area contributed by atoms with Crippen LogP contribution >= 0.6 is 0 Å². The monoisotopic (exact) mass is 416 g/mol. The number of pyridine rings is 1. The summed E-state index contributed by atoms with van der Waals surface area (Å²) < 4.78 is 46.5. The van der Waals surface area contributed by atoms with Crippen LogP contribution in [0.5, 0.6) is 0 Å². The third kappa shape index (κ3) is 4.06. The highest BCUT2D eigenvalue weighted by atomic mass is 32.2. The van der Waals surface area contributed by atoms with E-state index in [0.717, 1.165) is 18.4 Å². The van der Waals surface area contributed by atoms with E-state index in [0.29, 0.717) is 36.7 Å². The summed E-state index contributed by atoms with van der Waals surface area (Å²) in [6, 6.07) is 7.39. The molecule has 152 valence electrons. The van der Waals surface area contributed by atoms with Crippen molar-refractivity contribution >= 4 is 10.0 Å². The van der Waals surface area contributed by atoms with Gasteiger partial charge in [0.15, 0.2) is 5.82 Å². The highest BCUT2D eigenvalue weighted by Crippen LogP contribution is 2.29. The Labute approximate surface area is 168 Å². The molecule has 4 rings (SSSR count). The van der Waals surface area contributed by atoms with Crippen LogP contribution in [-0.4, -0.2) is 40.4 Å². The molecule has 1 aliphatic rings. The number of nitrogens with zero attached hydrogens (tertiary/aromatic N) is 4. The van der Waals surface area contributed by atoms with Crippen LogP contribution in [0.4, 0.5) is 4.39 Å². The van der Waals surface area contributed by atoms with Gasteiger partial charge in [-0.15, -0.1) is 0 Å². The number of halogens is 1. The fourth-order valence-electron chi connectivity index (χ4n) is 3.58. The maximum atomic E-state index is 13.5. The standard InChI is InChI=1S/C20H21FN4O3S/c1-14-12-17(7-8-18(14)21)29(26,27)25-11-3-5-16(25)6-9-19-23-20(28-24-19)15-4-2-10-22-13-15/h2,4,7-8,10,12-13,16H,3,5-6,9,11H2,1H3. The van der Waals surface area contributed by atoms with E-state index in [1.54, 1.807) is 25.4 Å². The summed E-state index contributed by atoms with van der Waals surface area (Å²) in [6.07, 6.45) is 5.96. The number of benzene rings is 1. The lowest BCUT2D eigenvalue weighted by molar-refractivity contribution is 0.364. The maximum Gasteiger partial charge on any atom is 0.259 e. The van der Waals surface area contributed by atoms with Gasteiger partial charge in [0.2, 0.25) is 10.0 Å². The van der Waals surface area contributed by atoms with Crippen molar-refractivity contribution in [3.05, 3.63) is 59.9 Å². The molecule has 1 unspecified atom stereocenters. The molecule has 0 spiro atoms. The topological polar surface area (TPSA) is 89.2 Å². The Balaban J connectivity index is 1.46. The Morgan fingerprint density at radius 1 is 1.31 bits per heavy atom. The van der Waals surface area contributed by atoms with Gasteiger partial charge in [-0.3, -0.25) is 4.98 Å². The lowest BCUT2D eigenvalue weighted by Gasteiger charge is -2.24. The van der Waals surface area contributed by atoms with Crippen LogP contribution in [0.25, 0.3) is 11.5 Å². The van der Waals surface area contributed by atoms with E-state index >= 15 is 0 Å². The molecule has 1 saturated heterocycles. The quantitative estimate of drug-likeness (QED) is 0.612. The van der Waals surface area contributed by atoms with Gasteiger partial charge in [0.1, 0.15) is 5.82 Å². The van der Waals surface area contributed by atoms with E-state index in [-0.39, 0.29) is 10.9 Å². The van der Waals surface area contributed by atoms with E-state index in [2.05, 4.69) is 15.1 Å². The molecular weight excluding hydrogens is 395 g/mol. The summed E-state index contributed by atoms with van der Waals surface area (Å²) in [5.41, 5.74) is 1.06. The van der Waals surface area contributed by atoms with Gasteiger partial charge in [0.25, 0.3) is 5.89 Å². The van der Waals surface area contributed by atoms with Crippen molar-refractivity contribution in [2.24, 2.45) is 0 Å². The second-order valence-corrected chi connectivity index (χ2v) is 9.01. The summed E-state index contributed by atoms with van der Waals surface area (Å²) in [7, 11) is -3.68. The molecule has 7 nitrogen and oxygen atoms in total. The van der Waals surface area contributed by atoms with Crippen molar-refractivity contribution < 1.29 is 17.3 Å². The number of hydrogen-bond donors (Lipinski definition) is 0. The molecule has 0 saturated carbocycles. The number of aryl methyl sites for hydroxylation is 2. The summed E-state index contributed by atoms with van der Waals surface area (Å²) in [6.45, 7) is 2.02. The molecule has 0 N–H and O–H groups in total. The van der Waals surface area contributed by atoms with Gasteiger partial charge in [-0.1, -0.05) is 5.16 Å². The summed E-state index contributed by atoms with van der Waals surface area (Å²) in [4.78, 5) is 8.54. The van der Waals surface area contributed by atoms with Gasteiger partial charge in [-0.2, -0.15) is 9.29 Å². The van der Waals surface area contributed by atoms with Crippen LogP contribution in [0.3, 0.4) is 0 Å². The molecule has 29 heavy (non-hydrogen) atoms. The van der Waals surface area contributed by atoms with Crippen molar-refractivity contribution in [1.82, 2.24) is 19.4 Å². The Bertz CT molecular complexity index is 1100. The Kier molecular flexibility index (Phi) is 5.42. The van der Waals surface area contributed by atoms with Gasteiger partial charge in [0.05, 0.1) is 10.5 Å². The molecule has 1 aliphatic heterocycles. The van der Waals surface area contributed by atoms with Gasteiger partial charge in [0, 0.05) is 31.4 Å². The Morgan fingerprint density at radius 3 is 2.93 bits per heavy atom. The summed E-state index contributed by atoms with van der Waals surface area (Å²) >= 11 is 0. The first-order valence-electron chi connectivity index (χ1n) is 9.46. The molecule has 1 fully saturated rings. The lowest BCUT2D eigenvalue weighted by Crippen LogP contribution is -2.36. The van der Waals surface area contributed by atoms with Gasteiger partial charge >= 0.3 is 0 Å². The highest BCUT2D eigenvalue weighted by molar-refractivity contribution is 7.89. The molecule has 2 aromatic heterocycles. The van der Waals surface area contributed by atoms with Crippen LogP contribution < -0.4 is 0 Å². The Morgan fingerprint density at radius 2 is 2.17 bits per heavy atom. The van der Waals surface area contributed by atoms with Crippen molar-refractivity contribution in [2.45, 2.75) is 43.5 Å². The second kappa shape index (κ2) is 8.00. The molecule has 3 heterocycles. The molecule has 0 amide bonds. The minimum atomic E-state index is -3.68. The number of aromatic nitrogens is 3. The normalized spacial score (nSPS) is 17.7. The zero-order valence-electron chi connectivity index (χ0n) is 16.0. The number of rotatable bonds is 6. The lowest BCUT2D eigenvalue weighted by atomic mass is 10.1. The third-order valence-corrected chi connectivity index (χ3v) is 7.08. The molecule has 0 aliphatic carbocycles. The molecule has 0 radical (unpaired) electrons. The smallest absolute Gasteiger partial charge is 0.259 e. The zero-order valence-corrected chi connectivity index (χ0v) is 16.8. The summed E-state index contributed by atoms with van der Waals surface area (Å²) in [5, 5.41) is 4.00. The summed E-state index contributed by atoms with van der Waals surface area (Å²) in [5.74, 6) is 0.514. The van der Waals surface area contributed by atoms with Crippen LogP contribution in [0.15, 0.2) is 52.1 Å². The van der Waals surface area contributed by atoms with Crippen molar-refractivity contribution in [3.63, 3.8) is 0 Å². The van der Waals surface area contributed by atoms with E-state index in [1.165, 1.54) is 22.5 Å². The SMILES string of the molecule is Cc1cc(S(=O)(=O)N2CCCC2CCc2noc(-c3cccnc3)n2)ccc1F. The number of hydrogen-bond acceptors (Lipinski definition) is 6. The molecular formula is C20H21FN4O3S. The van der Waals surface area contributed by atoms with Crippen LogP contribution in [0.2, 0.25) is 0 Å². The first-order valence-corrected chi connectivity index (χ1v) is 10.9. The molecule has 0 bridgehead atoms. The van der Waals surface area contributed by atoms with Crippen LogP contribution in [-0.2, 0) is 16.4 Å². The second-order valence-electron chi connectivity index (χ2n) is 7.12. The van der Waals surface area contributed by atoms with Gasteiger partial charge < -0.3 is 4.52 Å². The highest BCUT2D eigenvalue weighted by Gasteiger charge is 2.35. The minimum Gasteiger partial charge on any atom is -0.334 e. The van der Waals surface area contributed by atoms with Gasteiger partial charge in [-0.05, 0) is 62.1 Å². The molecule has 3 aromatic rings. The largest absolute Gasteiger partial charge is 0.334 e. The van der Waals surface area contributed by atoms with Crippen molar-refractivity contribution in [2.75, 3.05) is 6.54 Å². The van der Waals surface area contributed by atoms with Crippen molar-refractivity contribution in [3.8, 4) is 11.5 Å². The van der Waals surface area contributed by atoms with E-state index in [9.17, 15) is 12.8 Å². The average Bonchev–Trinajstić information content (AvgIpc) is 3.38. The zero-order chi connectivity index (χ0) is 20.4. The fraction of sp³-hybridized carbons (Fsp3) is 0.350. The minimum absolute atomic E-state index is 0.127. The first-order chi connectivity index (χ1) is 13.9. The van der Waals surface area contributed by atoms with Crippen LogP contribution in [0, 0.1) is 12.7 Å². The van der Waals surface area contributed by atoms with E-state index < -0.39 is 15.8 Å². The molecule has 1 aromatic carbocycles. The third-order valence-electron chi connectivity index (χ3n) is 5.14. The van der Waals surface area contributed by atoms with Crippen LogP contribution in [0.1, 0.15) is 30.7 Å². The maximum absolute atomic E-state index is 13.5. The average molecular weight is 416 g/mol. The van der Waals surface area contributed by atoms with E-state index in [1.807, 2.05) is 6.07 Å². The fourth-order valence-corrected chi connectivity index (χ4v) is 5.39. The van der Waals surface area contributed by atoms with E-state index in [4.69, 9.17) is 4.52 Å². The molecule has 1 atom stereocenters. The van der Waals surface area contributed by atoms with Gasteiger partial charge in [-0.25, -0.2) is 12.8 Å². The molecule has 9 heteroatoms. The predicted molar refractivity (Wildman–Crippen MR) is 104 cm³/mol. The van der Waals surface area contributed by atoms with Crippen molar-refractivity contribution in [1.29, 1.82) is 0 Å². The predicted octanol–water partition coefficient (Wildman–Crippen LogP) is 3.37.